The SMILES string of the molecule is O=C(Nc1ccc(C2=CCNCC2)cn1)c1cc(C2=CCNCC2)co1. The van der Waals surface area contributed by atoms with Crippen LogP contribution in [-0.2, 0) is 0 Å². The first-order chi connectivity index (χ1) is 12.8. The lowest BCUT2D eigenvalue weighted by molar-refractivity contribution is 0.0996. The summed E-state index contributed by atoms with van der Waals surface area (Å²) in [6.45, 7) is 3.67. The topological polar surface area (TPSA) is 79.2 Å². The van der Waals surface area contributed by atoms with E-state index in [9.17, 15) is 4.79 Å². The van der Waals surface area contributed by atoms with Crippen LogP contribution in [0.1, 0.15) is 34.5 Å². The van der Waals surface area contributed by atoms with Crippen molar-refractivity contribution in [1.29, 1.82) is 0 Å². The van der Waals surface area contributed by atoms with Gasteiger partial charge in [-0.25, -0.2) is 4.98 Å². The van der Waals surface area contributed by atoms with E-state index in [4.69, 9.17) is 4.42 Å². The second-order valence-corrected chi connectivity index (χ2v) is 6.45. The molecule has 0 aliphatic carbocycles. The summed E-state index contributed by atoms with van der Waals surface area (Å²) in [5, 5.41) is 9.36. The van der Waals surface area contributed by atoms with Crippen LogP contribution in [0.25, 0.3) is 11.1 Å². The smallest absolute Gasteiger partial charge is 0.292 e. The molecule has 26 heavy (non-hydrogen) atoms. The average molecular weight is 350 g/mol. The zero-order valence-electron chi connectivity index (χ0n) is 14.5. The van der Waals surface area contributed by atoms with Gasteiger partial charge in [0.05, 0.1) is 6.26 Å². The number of carbonyl (C=O) groups excluding carboxylic acids is 1. The third-order valence-electron chi connectivity index (χ3n) is 4.70. The molecular weight excluding hydrogens is 328 g/mol. The highest BCUT2D eigenvalue weighted by Gasteiger charge is 2.15. The summed E-state index contributed by atoms with van der Waals surface area (Å²) in [7, 11) is 0. The Hall–Kier alpha value is -2.70. The van der Waals surface area contributed by atoms with Crippen LogP contribution in [0.3, 0.4) is 0 Å². The standard InChI is InChI=1S/C20H22N4O2/c25-20(18-11-17(13-26-18)15-5-9-22-10-6-15)24-19-2-1-16(12-23-19)14-3-7-21-8-4-14/h1-3,5,11-13,21-22H,4,6-10H2,(H,23,24,25). The number of pyridine rings is 1. The van der Waals surface area contributed by atoms with Gasteiger partial charge in [-0.1, -0.05) is 12.2 Å². The van der Waals surface area contributed by atoms with Crippen molar-refractivity contribution in [3.05, 3.63) is 59.7 Å². The molecule has 1 amide bonds. The van der Waals surface area contributed by atoms with E-state index in [0.717, 1.165) is 50.1 Å². The number of nitrogens with one attached hydrogen (secondary N) is 3. The normalized spacial score (nSPS) is 17.4. The first-order valence-electron chi connectivity index (χ1n) is 8.96. The zero-order valence-corrected chi connectivity index (χ0v) is 14.5. The van der Waals surface area contributed by atoms with Gasteiger partial charge in [0.15, 0.2) is 5.76 Å². The predicted octanol–water partition coefficient (Wildman–Crippen LogP) is 2.68. The summed E-state index contributed by atoms with van der Waals surface area (Å²) in [6, 6.07) is 5.61. The van der Waals surface area contributed by atoms with Crippen LogP contribution in [0.5, 0.6) is 0 Å². The number of nitrogens with zero attached hydrogens (tertiary/aromatic N) is 1. The van der Waals surface area contributed by atoms with E-state index in [2.05, 4.69) is 33.1 Å². The molecule has 4 rings (SSSR count). The molecule has 0 atom stereocenters. The summed E-state index contributed by atoms with van der Waals surface area (Å²) in [4.78, 5) is 16.8. The Kier molecular flexibility index (Phi) is 4.95. The van der Waals surface area contributed by atoms with Crippen molar-refractivity contribution in [2.24, 2.45) is 0 Å². The Balaban J connectivity index is 1.42. The first kappa shape index (κ1) is 16.8. The molecule has 0 unspecified atom stereocenters. The van der Waals surface area contributed by atoms with Crippen molar-refractivity contribution in [2.45, 2.75) is 12.8 Å². The highest BCUT2D eigenvalue weighted by atomic mass is 16.3. The summed E-state index contributed by atoms with van der Waals surface area (Å²) in [5.74, 6) is 0.533. The molecular formula is C20H22N4O2. The Labute approximate surface area is 152 Å². The van der Waals surface area contributed by atoms with Gasteiger partial charge in [0.25, 0.3) is 5.91 Å². The molecule has 2 aromatic rings. The first-order valence-corrected chi connectivity index (χ1v) is 8.96. The van der Waals surface area contributed by atoms with Crippen LogP contribution >= 0.6 is 0 Å². The molecule has 0 radical (unpaired) electrons. The lowest BCUT2D eigenvalue weighted by atomic mass is 10.0. The Bertz CT molecular complexity index is 849. The van der Waals surface area contributed by atoms with Crippen LogP contribution in [0.15, 0.2) is 47.2 Å². The fourth-order valence-corrected chi connectivity index (χ4v) is 3.23. The van der Waals surface area contributed by atoms with Gasteiger partial charge in [0.1, 0.15) is 5.82 Å². The third kappa shape index (κ3) is 3.76. The minimum atomic E-state index is -0.285. The largest absolute Gasteiger partial charge is 0.459 e. The summed E-state index contributed by atoms with van der Waals surface area (Å²) in [5.41, 5.74) is 4.57. The lowest BCUT2D eigenvalue weighted by Crippen LogP contribution is -2.20. The number of hydrogen-bond acceptors (Lipinski definition) is 5. The van der Waals surface area contributed by atoms with Crippen LogP contribution in [0.4, 0.5) is 5.82 Å². The Morgan fingerprint density at radius 3 is 2.38 bits per heavy atom. The number of amides is 1. The zero-order chi connectivity index (χ0) is 17.8. The lowest BCUT2D eigenvalue weighted by Gasteiger charge is -2.14. The van der Waals surface area contributed by atoms with E-state index in [1.807, 2.05) is 12.1 Å². The Morgan fingerprint density at radius 1 is 1.04 bits per heavy atom. The van der Waals surface area contributed by atoms with Gasteiger partial charge in [-0.05, 0) is 60.8 Å². The number of furan rings is 1. The molecule has 2 aliphatic heterocycles. The van der Waals surface area contributed by atoms with E-state index >= 15 is 0 Å². The van der Waals surface area contributed by atoms with Crippen LogP contribution in [0, 0.1) is 0 Å². The number of carbonyl (C=O) groups is 1. The fraction of sp³-hybridized carbons (Fsp3) is 0.300. The van der Waals surface area contributed by atoms with Gasteiger partial charge in [-0.3, -0.25) is 4.79 Å². The molecule has 0 saturated heterocycles. The maximum Gasteiger partial charge on any atom is 0.292 e. The quantitative estimate of drug-likeness (QED) is 0.790. The van der Waals surface area contributed by atoms with Gasteiger partial charge in [0, 0.05) is 24.8 Å². The average Bonchev–Trinajstić information content (AvgIpc) is 3.20. The molecule has 0 spiro atoms. The van der Waals surface area contributed by atoms with E-state index in [0.29, 0.717) is 11.6 Å². The minimum Gasteiger partial charge on any atom is -0.459 e. The highest BCUT2D eigenvalue weighted by Crippen LogP contribution is 2.23. The van der Waals surface area contributed by atoms with Gasteiger partial charge < -0.3 is 20.4 Å². The van der Waals surface area contributed by atoms with Crippen LogP contribution in [0.2, 0.25) is 0 Å². The van der Waals surface area contributed by atoms with Crippen molar-refractivity contribution in [3.8, 4) is 0 Å². The van der Waals surface area contributed by atoms with E-state index in [1.54, 1.807) is 18.5 Å². The van der Waals surface area contributed by atoms with E-state index in [1.165, 1.54) is 11.1 Å². The second kappa shape index (κ2) is 7.68. The molecule has 0 fully saturated rings. The van der Waals surface area contributed by atoms with Crippen molar-refractivity contribution in [1.82, 2.24) is 15.6 Å². The number of anilines is 1. The van der Waals surface area contributed by atoms with Crippen molar-refractivity contribution in [3.63, 3.8) is 0 Å². The molecule has 4 heterocycles. The van der Waals surface area contributed by atoms with Gasteiger partial charge in [0.2, 0.25) is 0 Å². The highest BCUT2D eigenvalue weighted by molar-refractivity contribution is 6.02. The van der Waals surface area contributed by atoms with Gasteiger partial charge in [-0.2, -0.15) is 0 Å². The van der Waals surface area contributed by atoms with Gasteiger partial charge >= 0.3 is 0 Å². The van der Waals surface area contributed by atoms with E-state index < -0.39 is 0 Å². The molecule has 2 aromatic heterocycles. The predicted molar refractivity (Wildman–Crippen MR) is 102 cm³/mol. The second-order valence-electron chi connectivity index (χ2n) is 6.45. The van der Waals surface area contributed by atoms with Gasteiger partial charge in [-0.15, -0.1) is 0 Å². The van der Waals surface area contributed by atoms with Crippen LogP contribution in [-0.4, -0.2) is 37.1 Å². The summed E-state index contributed by atoms with van der Waals surface area (Å²) >= 11 is 0. The molecule has 0 aromatic carbocycles. The number of hydrogen-bond donors (Lipinski definition) is 3. The van der Waals surface area contributed by atoms with Crippen molar-refractivity contribution < 1.29 is 9.21 Å². The molecule has 134 valence electrons. The maximum absolute atomic E-state index is 12.4. The van der Waals surface area contributed by atoms with E-state index in [-0.39, 0.29) is 5.91 Å². The monoisotopic (exact) mass is 350 g/mol. The molecule has 0 bridgehead atoms. The third-order valence-corrected chi connectivity index (χ3v) is 4.70. The molecule has 2 aliphatic rings. The maximum atomic E-state index is 12.4. The Morgan fingerprint density at radius 2 is 1.77 bits per heavy atom. The molecule has 0 saturated carbocycles. The number of aromatic nitrogens is 1. The molecule has 6 heteroatoms. The molecule has 3 N–H and O–H groups in total. The number of rotatable bonds is 4. The van der Waals surface area contributed by atoms with Crippen molar-refractivity contribution >= 4 is 22.9 Å². The van der Waals surface area contributed by atoms with Crippen molar-refractivity contribution in [2.75, 3.05) is 31.5 Å². The summed E-state index contributed by atoms with van der Waals surface area (Å²) in [6.07, 6.45) is 9.69. The summed E-state index contributed by atoms with van der Waals surface area (Å²) < 4.78 is 5.45. The minimum absolute atomic E-state index is 0.285. The fourth-order valence-electron chi connectivity index (χ4n) is 3.23. The molecule has 6 nitrogen and oxygen atoms in total. The van der Waals surface area contributed by atoms with Crippen LogP contribution < -0.4 is 16.0 Å².